The van der Waals surface area contributed by atoms with Gasteiger partial charge in [-0.1, -0.05) is 48.5 Å². The molecule has 20 heavy (non-hydrogen) atoms. The van der Waals surface area contributed by atoms with Gasteiger partial charge in [0.15, 0.2) is 0 Å². The second-order valence-corrected chi connectivity index (χ2v) is 5.00. The summed E-state index contributed by atoms with van der Waals surface area (Å²) in [6.45, 7) is 0. The highest BCUT2D eigenvalue weighted by Crippen LogP contribution is 2.30. The van der Waals surface area contributed by atoms with Crippen molar-refractivity contribution < 1.29 is 9.53 Å². The maximum Gasteiger partial charge on any atom is 0.355 e. The molecule has 1 aromatic heterocycles. The van der Waals surface area contributed by atoms with E-state index >= 15 is 0 Å². The summed E-state index contributed by atoms with van der Waals surface area (Å²) in [5.74, 6) is 0.174. The van der Waals surface area contributed by atoms with Gasteiger partial charge in [0.2, 0.25) is 0 Å². The van der Waals surface area contributed by atoms with E-state index in [1.54, 1.807) is 11.6 Å². The highest BCUT2D eigenvalue weighted by atomic mass is 32.1. The second kappa shape index (κ2) is 5.67. The number of esters is 1. The number of carbonyl (C=O) groups is 1. The summed E-state index contributed by atoms with van der Waals surface area (Å²) >= 11 is 1.27. The topological polar surface area (TPSA) is 39.2 Å². The molecule has 0 saturated carbocycles. The van der Waals surface area contributed by atoms with E-state index in [1.165, 1.54) is 17.5 Å². The van der Waals surface area contributed by atoms with Crippen molar-refractivity contribution in [3.63, 3.8) is 0 Å². The van der Waals surface area contributed by atoms with Gasteiger partial charge < -0.3 is 4.74 Å². The van der Waals surface area contributed by atoms with Gasteiger partial charge in [-0.15, -0.1) is 11.3 Å². The molecule has 0 spiro atoms. The van der Waals surface area contributed by atoms with Crippen LogP contribution in [0.25, 0.3) is 11.1 Å². The fraction of sp³-hybridized carbons (Fsp3) is 0. The molecular weight excluding hydrogens is 270 g/mol. The van der Waals surface area contributed by atoms with Gasteiger partial charge in [-0.05, 0) is 11.6 Å². The molecular formula is C16H11NO2S. The zero-order valence-corrected chi connectivity index (χ0v) is 11.3. The van der Waals surface area contributed by atoms with E-state index < -0.39 is 0 Å². The fourth-order valence-corrected chi connectivity index (χ4v) is 2.37. The normalized spacial score (nSPS) is 10.2. The molecule has 0 aliphatic heterocycles. The summed E-state index contributed by atoms with van der Waals surface area (Å²) in [4.78, 5) is 16.4. The maximum atomic E-state index is 12.0. The Balaban J connectivity index is 1.93. The van der Waals surface area contributed by atoms with E-state index in [1.807, 2.05) is 48.5 Å². The van der Waals surface area contributed by atoms with Crippen molar-refractivity contribution in [2.24, 2.45) is 0 Å². The number of thiazole rings is 1. The number of benzene rings is 2. The largest absolute Gasteiger partial charge is 0.422 e. The van der Waals surface area contributed by atoms with Crippen LogP contribution in [-0.2, 0) is 0 Å². The van der Waals surface area contributed by atoms with Gasteiger partial charge in [0.05, 0.1) is 11.7 Å². The van der Waals surface area contributed by atoms with Crippen LogP contribution in [0.3, 0.4) is 0 Å². The third-order valence-corrected chi connectivity index (χ3v) is 3.56. The first-order valence-corrected chi connectivity index (χ1v) is 6.97. The minimum absolute atomic E-state index is 0.379. The Morgan fingerprint density at radius 1 is 1.00 bits per heavy atom. The standard InChI is InChI=1S/C16H11NO2S/c18-16(15-10-17-11-20-15)19-14-9-5-4-8-13(14)12-6-2-1-3-7-12/h1-11H. The summed E-state index contributed by atoms with van der Waals surface area (Å²) in [5, 5.41) is 0. The van der Waals surface area contributed by atoms with E-state index in [0.29, 0.717) is 10.6 Å². The number of carbonyl (C=O) groups excluding carboxylic acids is 1. The maximum absolute atomic E-state index is 12.0. The summed E-state index contributed by atoms with van der Waals surface area (Å²) < 4.78 is 5.48. The van der Waals surface area contributed by atoms with Crippen LogP contribution in [0.2, 0.25) is 0 Å². The molecule has 0 unspecified atom stereocenters. The van der Waals surface area contributed by atoms with Crippen molar-refractivity contribution in [2.45, 2.75) is 0 Å². The van der Waals surface area contributed by atoms with Crippen LogP contribution >= 0.6 is 11.3 Å². The van der Waals surface area contributed by atoms with Crippen molar-refractivity contribution in [3.8, 4) is 16.9 Å². The van der Waals surface area contributed by atoms with Crippen LogP contribution in [0.4, 0.5) is 0 Å². The van der Waals surface area contributed by atoms with Crippen LogP contribution in [0.1, 0.15) is 9.67 Å². The summed E-state index contributed by atoms with van der Waals surface area (Å²) in [6, 6.07) is 17.3. The second-order valence-electron chi connectivity index (χ2n) is 4.12. The predicted molar refractivity (Wildman–Crippen MR) is 79.0 cm³/mol. The molecule has 98 valence electrons. The van der Waals surface area contributed by atoms with Gasteiger partial charge in [0.25, 0.3) is 0 Å². The lowest BCUT2D eigenvalue weighted by atomic mass is 10.1. The third-order valence-electron chi connectivity index (χ3n) is 2.81. The molecule has 0 atom stereocenters. The first-order valence-electron chi connectivity index (χ1n) is 6.10. The molecule has 0 saturated heterocycles. The average Bonchev–Trinajstić information content (AvgIpc) is 3.03. The Morgan fingerprint density at radius 3 is 2.50 bits per heavy atom. The van der Waals surface area contributed by atoms with Crippen molar-refractivity contribution in [1.82, 2.24) is 4.98 Å². The van der Waals surface area contributed by atoms with E-state index in [2.05, 4.69) is 4.98 Å². The number of nitrogens with zero attached hydrogens (tertiary/aromatic N) is 1. The molecule has 0 fully saturated rings. The number of hydrogen-bond donors (Lipinski definition) is 0. The quantitative estimate of drug-likeness (QED) is 0.537. The summed E-state index contributed by atoms with van der Waals surface area (Å²) in [7, 11) is 0. The number of aromatic nitrogens is 1. The smallest absolute Gasteiger partial charge is 0.355 e. The van der Waals surface area contributed by atoms with Crippen molar-refractivity contribution in [1.29, 1.82) is 0 Å². The van der Waals surface area contributed by atoms with Gasteiger partial charge in [-0.2, -0.15) is 0 Å². The SMILES string of the molecule is O=C(Oc1ccccc1-c1ccccc1)c1cncs1. The minimum atomic E-state index is -0.379. The van der Waals surface area contributed by atoms with Crippen LogP contribution < -0.4 is 4.74 Å². The Bertz CT molecular complexity index is 708. The number of ether oxygens (including phenoxy) is 1. The predicted octanol–water partition coefficient (Wildman–Crippen LogP) is 4.03. The average molecular weight is 281 g/mol. The Labute approximate surface area is 120 Å². The van der Waals surface area contributed by atoms with Crippen LogP contribution in [0.15, 0.2) is 66.3 Å². The molecule has 0 N–H and O–H groups in total. The molecule has 0 radical (unpaired) electrons. The van der Waals surface area contributed by atoms with Crippen molar-refractivity contribution in [3.05, 3.63) is 71.2 Å². The van der Waals surface area contributed by atoms with Crippen LogP contribution in [0, 0.1) is 0 Å². The summed E-state index contributed by atoms with van der Waals surface area (Å²) in [6.07, 6.45) is 1.51. The molecule has 3 nitrogen and oxygen atoms in total. The summed E-state index contributed by atoms with van der Waals surface area (Å²) in [5.41, 5.74) is 3.52. The van der Waals surface area contributed by atoms with E-state index in [-0.39, 0.29) is 5.97 Å². The monoisotopic (exact) mass is 281 g/mol. The highest BCUT2D eigenvalue weighted by molar-refractivity contribution is 7.11. The lowest BCUT2D eigenvalue weighted by molar-refractivity contribution is 0.0740. The van der Waals surface area contributed by atoms with E-state index in [9.17, 15) is 4.79 Å². The Kier molecular flexibility index (Phi) is 3.56. The van der Waals surface area contributed by atoms with Gasteiger partial charge in [0, 0.05) is 5.56 Å². The lowest BCUT2D eigenvalue weighted by Crippen LogP contribution is -2.07. The van der Waals surface area contributed by atoms with Crippen molar-refractivity contribution >= 4 is 17.3 Å². The first-order chi connectivity index (χ1) is 9.84. The number of rotatable bonds is 3. The minimum Gasteiger partial charge on any atom is -0.422 e. The molecule has 0 aliphatic rings. The molecule has 3 aromatic rings. The molecule has 0 amide bonds. The van der Waals surface area contributed by atoms with Gasteiger partial charge in [-0.3, -0.25) is 4.98 Å². The fourth-order valence-electron chi connectivity index (χ4n) is 1.88. The zero-order valence-electron chi connectivity index (χ0n) is 10.5. The Morgan fingerprint density at radius 2 is 1.75 bits per heavy atom. The molecule has 0 aliphatic carbocycles. The lowest BCUT2D eigenvalue weighted by Gasteiger charge is -2.09. The molecule has 2 aromatic carbocycles. The third kappa shape index (κ3) is 2.60. The number of hydrogen-bond acceptors (Lipinski definition) is 4. The highest BCUT2D eigenvalue weighted by Gasteiger charge is 2.13. The van der Waals surface area contributed by atoms with Crippen molar-refractivity contribution in [2.75, 3.05) is 0 Å². The zero-order chi connectivity index (χ0) is 13.8. The van der Waals surface area contributed by atoms with Gasteiger partial charge >= 0.3 is 5.97 Å². The van der Waals surface area contributed by atoms with E-state index in [4.69, 9.17) is 4.74 Å². The van der Waals surface area contributed by atoms with Crippen LogP contribution in [-0.4, -0.2) is 11.0 Å². The van der Waals surface area contributed by atoms with E-state index in [0.717, 1.165) is 11.1 Å². The molecule has 4 heteroatoms. The Hall–Kier alpha value is -2.46. The molecule has 0 bridgehead atoms. The van der Waals surface area contributed by atoms with Gasteiger partial charge in [-0.25, -0.2) is 4.79 Å². The molecule has 3 rings (SSSR count). The number of para-hydroxylation sites is 1. The van der Waals surface area contributed by atoms with Crippen LogP contribution in [0.5, 0.6) is 5.75 Å². The first kappa shape index (κ1) is 12.6. The van der Waals surface area contributed by atoms with Gasteiger partial charge in [0.1, 0.15) is 10.6 Å². The molecule has 1 heterocycles.